The summed E-state index contributed by atoms with van der Waals surface area (Å²) >= 11 is 0. The number of hydrogen-bond donors (Lipinski definition) is 1. The van der Waals surface area contributed by atoms with Crippen LogP contribution in [0.3, 0.4) is 0 Å². The van der Waals surface area contributed by atoms with Gasteiger partial charge in [-0.05, 0) is 16.0 Å². The van der Waals surface area contributed by atoms with Crippen LogP contribution in [0, 0.1) is 21.4 Å². The van der Waals surface area contributed by atoms with Crippen molar-refractivity contribution < 1.29 is 18.8 Å². The van der Waals surface area contributed by atoms with Gasteiger partial charge in [-0.1, -0.05) is 0 Å². The molecule has 0 saturated heterocycles. The molecule has 0 aliphatic rings. The minimum absolute atomic E-state index is 0.237. The fraction of sp³-hybridized carbons (Fsp3) is 0.250. The Hall–Kier alpha value is -2.14. The lowest BCUT2D eigenvalue weighted by molar-refractivity contribution is -0.390. The van der Waals surface area contributed by atoms with Crippen molar-refractivity contribution in [1.29, 1.82) is 5.26 Å². The van der Waals surface area contributed by atoms with Crippen LogP contribution in [-0.4, -0.2) is 15.0 Å². The van der Waals surface area contributed by atoms with Crippen LogP contribution < -0.4 is 0 Å². The van der Waals surface area contributed by atoms with Crippen molar-refractivity contribution >= 4 is 5.82 Å². The number of aromatic nitrogens is 1. The summed E-state index contributed by atoms with van der Waals surface area (Å²) in [6.07, 6.45) is -3.00. The SMILES string of the molecule is N#Cc1c(CO)cc(C(F)F)nc1[N+](=O)[O-]. The van der Waals surface area contributed by atoms with Gasteiger partial charge in [-0.25, -0.2) is 8.78 Å². The van der Waals surface area contributed by atoms with Gasteiger partial charge in [0.05, 0.1) is 6.61 Å². The van der Waals surface area contributed by atoms with E-state index in [2.05, 4.69) is 4.98 Å². The first-order chi connectivity index (χ1) is 7.51. The second-order valence-corrected chi connectivity index (χ2v) is 2.73. The van der Waals surface area contributed by atoms with E-state index in [-0.39, 0.29) is 5.56 Å². The van der Waals surface area contributed by atoms with E-state index in [0.29, 0.717) is 0 Å². The van der Waals surface area contributed by atoms with Gasteiger partial charge < -0.3 is 15.2 Å². The maximum Gasteiger partial charge on any atom is 0.382 e. The number of rotatable bonds is 3. The van der Waals surface area contributed by atoms with Crippen LogP contribution in [-0.2, 0) is 6.61 Å². The molecule has 1 aromatic heterocycles. The smallest absolute Gasteiger partial charge is 0.382 e. The quantitative estimate of drug-likeness (QED) is 0.621. The summed E-state index contributed by atoms with van der Waals surface area (Å²) < 4.78 is 24.6. The summed E-state index contributed by atoms with van der Waals surface area (Å²) in [5.41, 5.74) is -1.58. The molecular weight excluding hydrogens is 224 g/mol. The highest BCUT2D eigenvalue weighted by Gasteiger charge is 2.26. The van der Waals surface area contributed by atoms with Gasteiger partial charge in [-0.3, -0.25) is 0 Å². The highest BCUT2D eigenvalue weighted by atomic mass is 19.3. The summed E-state index contributed by atoms with van der Waals surface area (Å²) in [5.74, 6) is -0.968. The predicted octanol–water partition coefficient (Wildman–Crippen LogP) is 1.29. The minimum Gasteiger partial charge on any atom is -0.392 e. The Morgan fingerprint density at radius 2 is 2.31 bits per heavy atom. The average Bonchev–Trinajstić information content (AvgIpc) is 2.26. The van der Waals surface area contributed by atoms with E-state index in [1.165, 1.54) is 6.07 Å². The Morgan fingerprint density at radius 3 is 2.69 bits per heavy atom. The molecule has 1 rings (SSSR count). The van der Waals surface area contributed by atoms with Crippen molar-refractivity contribution in [1.82, 2.24) is 4.98 Å². The van der Waals surface area contributed by atoms with Crippen LogP contribution in [0.5, 0.6) is 0 Å². The first-order valence-corrected chi connectivity index (χ1v) is 3.98. The third-order valence-corrected chi connectivity index (χ3v) is 1.78. The van der Waals surface area contributed by atoms with Crippen LogP contribution >= 0.6 is 0 Å². The highest BCUT2D eigenvalue weighted by molar-refractivity contribution is 5.49. The Bertz CT molecular complexity index is 470. The molecule has 16 heavy (non-hydrogen) atoms. The fourth-order valence-electron chi connectivity index (χ4n) is 1.10. The van der Waals surface area contributed by atoms with Crippen molar-refractivity contribution in [2.45, 2.75) is 13.0 Å². The fourth-order valence-corrected chi connectivity index (χ4v) is 1.10. The van der Waals surface area contributed by atoms with E-state index in [1.807, 2.05) is 0 Å². The lowest BCUT2D eigenvalue weighted by Gasteiger charge is -2.02. The molecule has 1 N–H and O–H groups in total. The van der Waals surface area contributed by atoms with Crippen LogP contribution in [0.15, 0.2) is 6.07 Å². The number of alkyl halides is 2. The van der Waals surface area contributed by atoms with Gasteiger partial charge in [-0.15, -0.1) is 0 Å². The molecule has 0 bridgehead atoms. The zero-order valence-electron chi connectivity index (χ0n) is 7.72. The largest absolute Gasteiger partial charge is 0.392 e. The molecule has 0 unspecified atom stereocenters. The molecule has 0 radical (unpaired) electrons. The van der Waals surface area contributed by atoms with E-state index >= 15 is 0 Å². The monoisotopic (exact) mass is 229 g/mol. The van der Waals surface area contributed by atoms with Gasteiger partial charge in [-0.2, -0.15) is 5.26 Å². The Morgan fingerprint density at radius 1 is 1.69 bits per heavy atom. The zero-order valence-corrected chi connectivity index (χ0v) is 7.72. The molecule has 0 atom stereocenters. The summed E-state index contributed by atoms with van der Waals surface area (Å²) in [4.78, 5) is 12.5. The van der Waals surface area contributed by atoms with Crippen LogP contribution in [0.25, 0.3) is 0 Å². The molecule has 0 saturated carbocycles. The number of nitro groups is 1. The third kappa shape index (κ3) is 2.09. The second-order valence-electron chi connectivity index (χ2n) is 2.73. The van der Waals surface area contributed by atoms with Gasteiger partial charge in [0.2, 0.25) is 5.69 Å². The maximum absolute atomic E-state index is 12.3. The van der Waals surface area contributed by atoms with E-state index in [4.69, 9.17) is 10.4 Å². The van der Waals surface area contributed by atoms with E-state index in [0.717, 1.165) is 6.07 Å². The Balaban J connectivity index is 3.51. The molecule has 8 heteroatoms. The molecule has 6 nitrogen and oxygen atoms in total. The minimum atomic E-state index is -3.00. The van der Waals surface area contributed by atoms with E-state index < -0.39 is 35.0 Å². The topological polar surface area (TPSA) is 100 Å². The summed E-state index contributed by atoms with van der Waals surface area (Å²) in [5, 5.41) is 27.9. The number of pyridine rings is 1. The van der Waals surface area contributed by atoms with Gasteiger partial charge in [0, 0.05) is 5.56 Å². The number of aliphatic hydroxyl groups excluding tert-OH is 1. The molecule has 1 aromatic rings. The number of nitrogens with zero attached hydrogens (tertiary/aromatic N) is 3. The number of hydrogen-bond acceptors (Lipinski definition) is 5. The molecular formula is C8H5F2N3O3. The van der Waals surface area contributed by atoms with E-state index in [9.17, 15) is 18.9 Å². The van der Waals surface area contributed by atoms with Crippen molar-refractivity contribution in [3.8, 4) is 6.07 Å². The molecule has 0 aliphatic carbocycles. The summed E-state index contributed by atoms with van der Waals surface area (Å²) in [6.45, 7) is -0.744. The van der Waals surface area contributed by atoms with Gasteiger partial charge in [0.25, 0.3) is 0 Å². The number of halogens is 2. The Kier molecular flexibility index (Phi) is 3.42. The summed E-state index contributed by atoms with van der Waals surface area (Å²) in [7, 11) is 0. The number of nitriles is 1. The van der Waals surface area contributed by atoms with Gasteiger partial charge in [0.1, 0.15) is 6.07 Å². The Labute approximate surface area is 87.9 Å². The highest BCUT2D eigenvalue weighted by Crippen LogP contribution is 2.25. The first-order valence-electron chi connectivity index (χ1n) is 3.98. The number of aliphatic hydroxyl groups is 1. The normalized spacial score (nSPS) is 10.2. The zero-order chi connectivity index (χ0) is 12.3. The predicted molar refractivity (Wildman–Crippen MR) is 46.5 cm³/mol. The van der Waals surface area contributed by atoms with Crippen molar-refractivity contribution in [2.75, 3.05) is 0 Å². The van der Waals surface area contributed by atoms with E-state index in [1.54, 1.807) is 0 Å². The molecule has 0 aromatic carbocycles. The maximum atomic E-state index is 12.3. The lowest BCUT2D eigenvalue weighted by atomic mass is 10.1. The van der Waals surface area contributed by atoms with Crippen molar-refractivity contribution in [3.05, 3.63) is 33.0 Å². The molecule has 0 fully saturated rings. The molecule has 0 amide bonds. The first kappa shape index (κ1) is 11.9. The lowest BCUT2D eigenvalue weighted by Crippen LogP contribution is -2.04. The molecule has 0 aliphatic heterocycles. The van der Waals surface area contributed by atoms with Crippen LogP contribution in [0.1, 0.15) is 23.2 Å². The molecule has 84 valence electrons. The summed E-state index contributed by atoms with van der Waals surface area (Å²) in [6, 6.07) is 2.23. The molecule has 0 spiro atoms. The molecule has 1 heterocycles. The van der Waals surface area contributed by atoms with Crippen molar-refractivity contribution in [3.63, 3.8) is 0 Å². The average molecular weight is 229 g/mol. The standard InChI is InChI=1S/C8H5F2N3O3/c9-7(10)6-1-4(3-14)5(2-11)8(12-6)13(15)16/h1,7,14H,3H2. The third-order valence-electron chi connectivity index (χ3n) is 1.78. The van der Waals surface area contributed by atoms with Gasteiger partial charge in [0.15, 0.2) is 5.56 Å². The van der Waals surface area contributed by atoms with Gasteiger partial charge >= 0.3 is 12.2 Å². The van der Waals surface area contributed by atoms with Crippen molar-refractivity contribution in [2.24, 2.45) is 0 Å². The second kappa shape index (κ2) is 4.59. The van der Waals surface area contributed by atoms with Crippen LogP contribution in [0.2, 0.25) is 0 Å². The van der Waals surface area contributed by atoms with Crippen LogP contribution in [0.4, 0.5) is 14.6 Å².